The smallest absolute Gasteiger partial charge is 0.329 e. The second kappa shape index (κ2) is 7.22. The summed E-state index contributed by atoms with van der Waals surface area (Å²) in [5.41, 5.74) is 1.26. The number of ether oxygens (including phenoxy) is 1. The predicted octanol–water partition coefficient (Wildman–Crippen LogP) is 2.46. The number of para-hydroxylation sites is 1. The van der Waals surface area contributed by atoms with Crippen LogP contribution in [-0.2, 0) is 19.1 Å². The molecule has 0 bridgehead atoms. The number of likely N-dealkylation sites (tertiary alicyclic amines) is 1. The standard InChI is InChI=1S/C21H22N2O5/c1-12(23-19(25)14-7-2-3-8-15(14)20(23)26)21(27)28-11-18(24)16-10-22-17-9-5-4-6-13(16)17/h4-6,9-10,12,14-15,22H,2-3,7-8,11H2,1H3/t12-,14+,15+/m0/s1. The fourth-order valence-corrected chi connectivity index (χ4v) is 4.31. The van der Waals surface area contributed by atoms with Crippen LogP contribution in [0.4, 0.5) is 0 Å². The van der Waals surface area contributed by atoms with E-state index in [0.29, 0.717) is 18.4 Å². The molecule has 1 aliphatic carbocycles. The third kappa shape index (κ3) is 3.00. The summed E-state index contributed by atoms with van der Waals surface area (Å²) in [4.78, 5) is 54.1. The van der Waals surface area contributed by atoms with Gasteiger partial charge in [-0.2, -0.15) is 0 Å². The Kier molecular flexibility index (Phi) is 4.75. The van der Waals surface area contributed by atoms with Crippen molar-refractivity contribution in [2.75, 3.05) is 6.61 Å². The van der Waals surface area contributed by atoms with Gasteiger partial charge < -0.3 is 9.72 Å². The summed E-state index contributed by atoms with van der Waals surface area (Å²) in [7, 11) is 0. The molecule has 1 saturated carbocycles. The fourth-order valence-electron chi connectivity index (χ4n) is 4.31. The van der Waals surface area contributed by atoms with E-state index in [1.807, 2.05) is 24.3 Å². The van der Waals surface area contributed by atoms with Gasteiger partial charge in [-0.15, -0.1) is 0 Å². The Labute approximate surface area is 162 Å². The van der Waals surface area contributed by atoms with E-state index in [0.717, 1.165) is 28.6 Å². The van der Waals surface area contributed by atoms with Gasteiger partial charge in [0.15, 0.2) is 6.61 Å². The van der Waals surface area contributed by atoms with Crippen molar-refractivity contribution in [3.05, 3.63) is 36.0 Å². The van der Waals surface area contributed by atoms with Crippen LogP contribution in [0, 0.1) is 11.8 Å². The number of Topliss-reactive ketones (excluding diaryl/α,β-unsaturated/α-hetero) is 1. The van der Waals surface area contributed by atoms with Crippen molar-refractivity contribution < 1.29 is 23.9 Å². The maximum Gasteiger partial charge on any atom is 0.329 e. The lowest BCUT2D eigenvalue weighted by Gasteiger charge is -2.21. The number of aromatic amines is 1. The quantitative estimate of drug-likeness (QED) is 0.487. The monoisotopic (exact) mass is 382 g/mol. The third-order valence-corrected chi connectivity index (χ3v) is 5.84. The summed E-state index contributed by atoms with van der Waals surface area (Å²) in [5.74, 6) is -2.29. The van der Waals surface area contributed by atoms with Gasteiger partial charge in [-0.3, -0.25) is 19.3 Å². The maximum absolute atomic E-state index is 12.6. The van der Waals surface area contributed by atoms with Crippen LogP contribution in [0.25, 0.3) is 10.9 Å². The molecule has 7 nitrogen and oxygen atoms in total. The van der Waals surface area contributed by atoms with Crippen LogP contribution in [0.2, 0.25) is 0 Å². The molecule has 2 fully saturated rings. The van der Waals surface area contributed by atoms with Crippen LogP contribution >= 0.6 is 0 Å². The number of hydrogen-bond donors (Lipinski definition) is 1. The highest BCUT2D eigenvalue weighted by atomic mass is 16.5. The molecule has 1 aromatic heterocycles. The zero-order valence-corrected chi connectivity index (χ0v) is 15.6. The van der Waals surface area contributed by atoms with E-state index >= 15 is 0 Å². The molecule has 2 aliphatic rings. The van der Waals surface area contributed by atoms with Gasteiger partial charge in [0.2, 0.25) is 17.6 Å². The second-order valence-electron chi connectivity index (χ2n) is 7.50. The van der Waals surface area contributed by atoms with Crippen LogP contribution in [0.3, 0.4) is 0 Å². The molecule has 28 heavy (non-hydrogen) atoms. The van der Waals surface area contributed by atoms with Crippen molar-refractivity contribution in [2.45, 2.75) is 38.6 Å². The van der Waals surface area contributed by atoms with Crippen molar-refractivity contribution >= 4 is 34.5 Å². The van der Waals surface area contributed by atoms with E-state index < -0.39 is 18.6 Å². The molecule has 4 rings (SSSR count). The average molecular weight is 382 g/mol. The Balaban J connectivity index is 1.41. The number of ketones is 1. The zero-order valence-electron chi connectivity index (χ0n) is 15.6. The summed E-state index contributed by atoms with van der Waals surface area (Å²) in [6.07, 6.45) is 4.81. The van der Waals surface area contributed by atoms with Crippen LogP contribution in [-0.4, -0.2) is 46.1 Å². The third-order valence-electron chi connectivity index (χ3n) is 5.84. The SMILES string of the molecule is C[C@@H](C(=O)OCC(=O)c1c[nH]c2ccccc12)N1C(=O)[C@@H]2CCCC[C@H]2C1=O. The number of carbonyl (C=O) groups excluding carboxylic acids is 4. The Morgan fingerprint density at radius 2 is 1.79 bits per heavy atom. The first-order valence-electron chi connectivity index (χ1n) is 9.62. The molecular weight excluding hydrogens is 360 g/mol. The number of fused-ring (bicyclic) bond motifs is 2. The number of nitrogens with zero attached hydrogens (tertiary/aromatic N) is 1. The van der Waals surface area contributed by atoms with Crippen LogP contribution < -0.4 is 0 Å². The molecule has 2 heterocycles. The Hall–Kier alpha value is -2.96. The van der Waals surface area contributed by atoms with Crippen molar-refractivity contribution in [1.29, 1.82) is 0 Å². The van der Waals surface area contributed by atoms with Crippen molar-refractivity contribution in [3.8, 4) is 0 Å². The Morgan fingerprint density at radius 1 is 1.14 bits per heavy atom. The van der Waals surface area contributed by atoms with Crippen LogP contribution in [0.15, 0.2) is 30.5 Å². The summed E-state index contributed by atoms with van der Waals surface area (Å²) in [6.45, 7) is 1.04. The van der Waals surface area contributed by atoms with Gasteiger partial charge in [-0.25, -0.2) is 4.79 Å². The van der Waals surface area contributed by atoms with Gasteiger partial charge in [0, 0.05) is 22.7 Å². The second-order valence-corrected chi connectivity index (χ2v) is 7.50. The molecule has 2 amide bonds. The topological polar surface area (TPSA) is 96.5 Å². The largest absolute Gasteiger partial charge is 0.456 e. The van der Waals surface area contributed by atoms with Gasteiger partial charge >= 0.3 is 5.97 Å². The highest BCUT2D eigenvalue weighted by molar-refractivity contribution is 6.10. The van der Waals surface area contributed by atoms with E-state index in [4.69, 9.17) is 4.74 Å². The molecule has 3 atom stereocenters. The highest BCUT2D eigenvalue weighted by Crippen LogP contribution is 2.38. The van der Waals surface area contributed by atoms with Gasteiger partial charge in [0.25, 0.3) is 0 Å². The summed E-state index contributed by atoms with van der Waals surface area (Å²) < 4.78 is 5.15. The number of hydrogen-bond acceptors (Lipinski definition) is 5. The van der Waals surface area contributed by atoms with Gasteiger partial charge in [-0.1, -0.05) is 31.0 Å². The normalized spacial score (nSPS) is 23.0. The first-order valence-corrected chi connectivity index (χ1v) is 9.62. The number of imide groups is 1. The van der Waals surface area contributed by atoms with Crippen molar-refractivity contribution in [1.82, 2.24) is 9.88 Å². The van der Waals surface area contributed by atoms with Crippen LogP contribution in [0.1, 0.15) is 43.0 Å². The minimum absolute atomic E-state index is 0.290. The maximum atomic E-state index is 12.6. The molecule has 0 spiro atoms. The minimum atomic E-state index is -1.03. The molecule has 1 aliphatic heterocycles. The lowest BCUT2D eigenvalue weighted by molar-refractivity contribution is -0.157. The molecular formula is C21H22N2O5. The molecule has 1 saturated heterocycles. The Morgan fingerprint density at radius 3 is 2.46 bits per heavy atom. The fraction of sp³-hybridized carbons (Fsp3) is 0.429. The molecule has 1 aromatic carbocycles. The number of H-pyrrole nitrogens is 1. The van der Waals surface area contributed by atoms with E-state index in [2.05, 4.69) is 4.98 Å². The number of rotatable bonds is 5. The van der Waals surface area contributed by atoms with E-state index in [9.17, 15) is 19.2 Å². The van der Waals surface area contributed by atoms with E-state index in [1.165, 1.54) is 6.92 Å². The molecule has 0 radical (unpaired) electrons. The first kappa shape index (κ1) is 18.4. The molecule has 1 N–H and O–H groups in total. The lowest BCUT2D eigenvalue weighted by atomic mass is 9.81. The van der Waals surface area contributed by atoms with Crippen molar-refractivity contribution in [2.24, 2.45) is 11.8 Å². The lowest BCUT2D eigenvalue weighted by Crippen LogP contribution is -2.44. The molecule has 146 valence electrons. The molecule has 0 unspecified atom stereocenters. The van der Waals surface area contributed by atoms with Crippen molar-refractivity contribution in [3.63, 3.8) is 0 Å². The van der Waals surface area contributed by atoms with E-state index in [-0.39, 0.29) is 29.4 Å². The highest BCUT2D eigenvalue weighted by Gasteiger charge is 2.51. The number of benzene rings is 1. The van der Waals surface area contributed by atoms with Gasteiger partial charge in [-0.05, 0) is 25.8 Å². The first-order chi connectivity index (χ1) is 13.5. The number of nitrogens with one attached hydrogen (secondary N) is 1. The summed E-state index contributed by atoms with van der Waals surface area (Å²) >= 11 is 0. The summed E-state index contributed by atoms with van der Waals surface area (Å²) in [5, 5.41) is 0.755. The average Bonchev–Trinajstić information content (AvgIpc) is 3.25. The number of aromatic nitrogens is 1. The summed E-state index contributed by atoms with van der Waals surface area (Å²) in [6, 6.07) is 6.32. The molecule has 7 heteroatoms. The number of amides is 2. The Bertz CT molecular complexity index is 939. The van der Waals surface area contributed by atoms with Crippen LogP contribution in [0.5, 0.6) is 0 Å². The predicted molar refractivity (Wildman–Crippen MR) is 100 cm³/mol. The zero-order chi connectivity index (χ0) is 19.8. The minimum Gasteiger partial charge on any atom is -0.456 e. The molecule has 2 aromatic rings. The van der Waals surface area contributed by atoms with Gasteiger partial charge in [0.05, 0.1) is 11.8 Å². The number of esters is 1. The van der Waals surface area contributed by atoms with Gasteiger partial charge in [0.1, 0.15) is 6.04 Å². The van der Waals surface area contributed by atoms with E-state index in [1.54, 1.807) is 6.20 Å². The number of carbonyl (C=O) groups is 4.